The summed E-state index contributed by atoms with van der Waals surface area (Å²) >= 11 is 0.820. The Morgan fingerprint density at radius 2 is 1.58 bits per heavy atom. The van der Waals surface area contributed by atoms with Gasteiger partial charge in [0, 0.05) is 19.8 Å². The topological polar surface area (TPSA) is 102 Å². The van der Waals surface area contributed by atoms with Crippen molar-refractivity contribution in [2.45, 2.75) is 39.4 Å². The van der Waals surface area contributed by atoms with Crippen molar-refractivity contribution in [2.75, 3.05) is 25.1 Å². The fourth-order valence-corrected chi connectivity index (χ4v) is 7.09. The summed E-state index contributed by atoms with van der Waals surface area (Å²) < 4.78 is 57.6. The van der Waals surface area contributed by atoms with Crippen LogP contribution in [0.4, 0.5) is 5.00 Å². The molecule has 3 aromatic rings. The molecule has 0 fully saturated rings. The molecule has 31 heavy (non-hydrogen) atoms. The molecule has 0 saturated heterocycles. The van der Waals surface area contributed by atoms with Crippen molar-refractivity contribution >= 4 is 36.0 Å². The number of aryl methyl sites for hydroxylation is 1. The van der Waals surface area contributed by atoms with Gasteiger partial charge < -0.3 is 10.1 Å². The summed E-state index contributed by atoms with van der Waals surface area (Å²) in [4.78, 5) is 4.21. The Bertz CT molecular complexity index is 1220. The Kier molecular flexibility index (Phi) is 7.47. The van der Waals surface area contributed by atoms with Crippen molar-refractivity contribution in [3.63, 3.8) is 0 Å². The molecule has 0 aliphatic heterocycles. The van der Waals surface area contributed by atoms with Crippen LogP contribution in [0.15, 0.2) is 73.8 Å². The van der Waals surface area contributed by atoms with Gasteiger partial charge in [-0.3, -0.25) is 0 Å². The summed E-state index contributed by atoms with van der Waals surface area (Å²) in [5.41, 5.74) is 0.916. The van der Waals surface area contributed by atoms with Gasteiger partial charge in [0.2, 0.25) is 24.0 Å². The second kappa shape index (κ2) is 9.90. The van der Waals surface area contributed by atoms with Crippen LogP contribution >= 0.6 is 11.3 Å². The zero-order valence-corrected chi connectivity index (χ0v) is 19.7. The molecule has 0 radical (unpaired) electrons. The van der Waals surface area contributed by atoms with Gasteiger partial charge in [0.1, 0.15) is 5.00 Å². The highest BCUT2D eigenvalue weighted by molar-refractivity contribution is 7.94. The van der Waals surface area contributed by atoms with Gasteiger partial charge in [-0.25, -0.2) is 21.8 Å². The molecule has 0 unspecified atom stereocenters. The third-order valence-electron chi connectivity index (χ3n) is 4.40. The minimum atomic E-state index is -4.01. The number of nitrogens with one attached hydrogen (secondary N) is 1. The summed E-state index contributed by atoms with van der Waals surface area (Å²) in [5, 5.41) is 2.95. The average Bonchev–Trinajstić information content (AvgIpc) is 3.20. The molecule has 1 aromatic heterocycles. The van der Waals surface area contributed by atoms with Gasteiger partial charge in [-0.1, -0.05) is 47.2 Å². The van der Waals surface area contributed by atoms with E-state index in [0.29, 0.717) is 26.2 Å². The molecular formula is C21H24N2O5S3. The lowest BCUT2D eigenvalue weighted by Crippen LogP contribution is -2.10. The highest BCUT2D eigenvalue weighted by Crippen LogP contribution is 2.36. The smallest absolute Gasteiger partial charge is 0.233 e. The normalized spacial score (nSPS) is 12.1. The zero-order valence-electron chi connectivity index (χ0n) is 17.2. The van der Waals surface area contributed by atoms with E-state index >= 15 is 0 Å². The number of hydrogen-bond donors (Lipinski definition) is 1. The fourth-order valence-electron chi connectivity index (χ4n) is 2.75. The van der Waals surface area contributed by atoms with Crippen LogP contribution < -0.4 is 5.32 Å². The van der Waals surface area contributed by atoms with Crippen LogP contribution in [-0.4, -0.2) is 41.6 Å². The molecule has 0 atom stereocenters. The highest BCUT2D eigenvalue weighted by Gasteiger charge is 2.31. The van der Waals surface area contributed by atoms with Crippen molar-refractivity contribution in [3.8, 4) is 0 Å². The third-order valence-corrected chi connectivity index (χ3v) is 9.39. The number of nitrogens with zero attached hydrogens (tertiary/aromatic N) is 1. The molecule has 0 bridgehead atoms. The van der Waals surface area contributed by atoms with Gasteiger partial charge in [-0.2, -0.15) is 0 Å². The highest BCUT2D eigenvalue weighted by atomic mass is 32.2. The lowest BCUT2D eigenvalue weighted by atomic mass is 10.2. The van der Waals surface area contributed by atoms with Crippen LogP contribution in [0.3, 0.4) is 0 Å². The van der Waals surface area contributed by atoms with Gasteiger partial charge in [-0.05, 0) is 44.5 Å². The van der Waals surface area contributed by atoms with Crippen molar-refractivity contribution in [2.24, 2.45) is 0 Å². The first-order chi connectivity index (χ1) is 14.8. The number of hydrogen-bond acceptors (Lipinski definition) is 8. The van der Waals surface area contributed by atoms with Gasteiger partial charge in [0.15, 0.2) is 5.03 Å². The number of anilines is 1. The van der Waals surface area contributed by atoms with Crippen LogP contribution in [0, 0.1) is 6.92 Å². The Morgan fingerprint density at radius 1 is 0.935 bits per heavy atom. The number of sulfone groups is 2. The van der Waals surface area contributed by atoms with Crippen molar-refractivity contribution < 1.29 is 21.6 Å². The molecule has 3 rings (SSSR count). The van der Waals surface area contributed by atoms with E-state index in [9.17, 15) is 16.8 Å². The van der Waals surface area contributed by atoms with E-state index < -0.39 is 19.7 Å². The molecule has 0 saturated carbocycles. The Labute approximate surface area is 187 Å². The number of thiazole rings is 1. The molecule has 166 valence electrons. The van der Waals surface area contributed by atoms with Crippen LogP contribution in [0.2, 0.25) is 0 Å². The van der Waals surface area contributed by atoms with Crippen LogP contribution in [0.1, 0.15) is 18.9 Å². The van der Waals surface area contributed by atoms with E-state index in [1.165, 1.54) is 24.3 Å². The zero-order chi connectivity index (χ0) is 22.5. The number of benzene rings is 2. The minimum absolute atomic E-state index is 0.0597. The molecule has 1 N–H and O–H groups in total. The van der Waals surface area contributed by atoms with Gasteiger partial charge >= 0.3 is 0 Å². The third kappa shape index (κ3) is 5.32. The summed E-state index contributed by atoms with van der Waals surface area (Å²) in [7, 11) is -7.97. The van der Waals surface area contributed by atoms with E-state index in [-0.39, 0.29) is 24.2 Å². The van der Waals surface area contributed by atoms with Crippen molar-refractivity contribution in [1.29, 1.82) is 0 Å². The molecule has 0 aliphatic rings. The van der Waals surface area contributed by atoms with Gasteiger partial charge in [0.25, 0.3) is 0 Å². The number of aromatic nitrogens is 1. The first-order valence-corrected chi connectivity index (χ1v) is 13.5. The molecule has 0 amide bonds. The second-order valence-corrected chi connectivity index (χ2v) is 11.7. The first kappa shape index (κ1) is 23.4. The fraction of sp³-hybridized carbons (Fsp3) is 0.286. The molecular weight excluding hydrogens is 456 g/mol. The molecule has 0 spiro atoms. The number of rotatable bonds is 10. The van der Waals surface area contributed by atoms with Crippen LogP contribution in [-0.2, 0) is 24.4 Å². The summed E-state index contributed by atoms with van der Waals surface area (Å²) in [5.74, 6) is 0. The van der Waals surface area contributed by atoms with E-state index in [1.54, 1.807) is 30.3 Å². The van der Waals surface area contributed by atoms with E-state index in [0.717, 1.165) is 16.9 Å². The molecule has 1 heterocycles. The quantitative estimate of drug-likeness (QED) is 0.438. The lowest BCUT2D eigenvalue weighted by molar-refractivity contribution is 0.147. The van der Waals surface area contributed by atoms with Crippen molar-refractivity contribution in [3.05, 3.63) is 60.2 Å². The maximum Gasteiger partial charge on any atom is 0.233 e. The van der Waals surface area contributed by atoms with Crippen molar-refractivity contribution in [1.82, 2.24) is 4.98 Å². The second-order valence-electron chi connectivity index (χ2n) is 6.72. The maximum atomic E-state index is 13.3. The van der Waals surface area contributed by atoms with Crippen LogP contribution in [0.5, 0.6) is 0 Å². The maximum absolute atomic E-state index is 13.3. The molecule has 0 aliphatic carbocycles. The van der Waals surface area contributed by atoms with Gasteiger partial charge in [0.05, 0.1) is 9.79 Å². The SMILES string of the molecule is CCOCCCNc1sc(S(=O)(=O)c2ccccc2)nc1S(=O)(=O)c1ccc(C)cc1. The van der Waals surface area contributed by atoms with E-state index in [2.05, 4.69) is 10.3 Å². The summed E-state index contributed by atoms with van der Waals surface area (Å²) in [6, 6.07) is 14.2. The predicted molar refractivity (Wildman–Crippen MR) is 120 cm³/mol. The Balaban J connectivity index is 2.03. The number of ether oxygens (including phenoxy) is 1. The standard InChI is InChI=1S/C21H24N2O5S3/c1-3-28-15-7-14-22-19-20(30(24,25)18-12-10-16(2)11-13-18)23-21(29-19)31(26,27)17-8-5-4-6-9-17/h4-6,8-13,22H,3,7,14-15H2,1-2H3. The Morgan fingerprint density at radius 3 is 2.23 bits per heavy atom. The Hall–Kier alpha value is -2.27. The average molecular weight is 481 g/mol. The lowest BCUT2D eigenvalue weighted by Gasteiger charge is -2.07. The minimum Gasteiger partial charge on any atom is -0.382 e. The summed E-state index contributed by atoms with van der Waals surface area (Å²) in [6.07, 6.45) is 0.635. The largest absolute Gasteiger partial charge is 0.382 e. The van der Waals surface area contributed by atoms with Crippen LogP contribution in [0.25, 0.3) is 0 Å². The van der Waals surface area contributed by atoms with Gasteiger partial charge in [-0.15, -0.1) is 0 Å². The predicted octanol–water partition coefficient (Wildman–Crippen LogP) is 3.96. The monoisotopic (exact) mass is 480 g/mol. The molecule has 2 aromatic carbocycles. The first-order valence-electron chi connectivity index (χ1n) is 9.71. The molecule has 7 nitrogen and oxygen atoms in total. The molecule has 10 heteroatoms. The van der Waals surface area contributed by atoms with E-state index in [1.807, 2.05) is 13.8 Å². The van der Waals surface area contributed by atoms with E-state index in [4.69, 9.17) is 4.74 Å². The summed E-state index contributed by atoms with van der Waals surface area (Å²) in [6.45, 7) is 5.27.